The van der Waals surface area contributed by atoms with E-state index in [1.807, 2.05) is 0 Å². The molecule has 1 aliphatic carbocycles. The smallest absolute Gasteiger partial charge is 0.185 e. The number of hydrogen-bond donors (Lipinski definition) is 1. The van der Waals surface area contributed by atoms with Gasteiger partial charge in [-0.2, -0.15) is 0 Å². The summed E-state index contributed by atoms with van der Waals surface area (Å²) in [5.74, 6) is 0. The number of aromatic nitrogens is 1. The van der Waals surface area contributed by atoms with Gasteiger partial charge < -0.3 is 10.0 Å². The van der Waals surface area contributed by atoms with E-state index in [1.165, 1.54) is 36.0 Å². The van der Waals surface area contributed by atoms with E-state index in [4.69, 9.17) is 10.1 Å². The number of thiazole rings is 1. The van der Waals surface area contributed by atoms with E-state index >= 15 is 0 Å². The van der Waals surface area contributed by atoms with Crippen molar-refractivity contribution in [1.82, 2.24) is 9.88 Å². The van der Waals surface area contributed by atoms with E-state index in [2.05, 4.69) is 47.2 Å². The van der Waals surface area contributed by atoms with Crippen LogP contribution >= 0.6 is 11.3 Å². The van der Waals surface area contributed by atoms with Crippen molar-refractivity contribution in [3.8, 4) is 11.3 Å². The highest BCUT2D eigenvalue weighted by Gasteiger charge is 2.27. The molecule has 4 rings (SSSR count). The fourth-order valence-corrected chi connectivity index (χ4v) is 5.52. The number of benzene rings is 1. The number of unbranched alkanes of at least 4 members (excludes halogenated alkanes) is 1. The predicted molar refractivity (Wildman–Crippen MR) is 118 cm³/mol. The lowest BCUT2D eigenvalue weighted by Crippen LogP contribution is -2.46. The van der Waals surface area contributed by atoms with Gasteiger partial charge in [0.2, 0.25) is 0 Å². The summed E-state index contributed by atoms with van der Waals surface area (Å²) in [5.41, 5.74) is 5.73. The van der Waals surface area contributed by atoms with E-state index < -0.39 is 0 Å². The van der Waals surface area contributed by atoms with Crippen LogP contribution in [0.25, 0.3) is 11.3 Å². The van der Waals surface area contributed by atoms with Gasteiger partial charge in [-0.25, -0.2) is 4.98 Å². The van der Waals surface area contributed by atoms with Crippen LogP contribution in [0.2, 0.25) is 0 Å². The van der Waals surface area contributed by atoms with Crippen molar-refractivity contribution in [3.05, 3.63) is 34.7 Å². The Kier molecular flexibility index (Phi) is 6.04. The molecule has 5 heteroatoms. The second-order valence-electron chi connectivity index (χ2n) is 8.88. The van der Waals surface area contributed by atoms with Crippen LogP contribution in [0.4, 0.5) is 5.13 Å². The minimum atomic E-state index is 0.302. The number of aryl methyl sites for hydroxylation is 1. The highest BCUT2D eigenvalue weighted by molar-refractivity contribution is 7.14. The maximum atomic E-state index is 8.94. The third kappa shape index (κ3) is 4.27. The maximum absolute atomic E-state index is 8.94. The Balaban J connectivity index is 1.41. The fraction of sp³-hybridized carbons (Fsp3) is 0.609. The number of anilines is 1. The van der Waals surface area contributed by atoms with Crippen LogP contribution in [0.5, 0.6) is 0 Å². The Hall–Kier alpha value is -1.43. The molecule has 0 unspecified atom stereocenters. The first-order valence-corrected chi connectivity index (χ1v) is 11.6. The summed E-state index contributed by atoms with van der Waals surface area (Å²) in [6, 6.07) is 6.99. The first-order valence-electron chi connectivity index (χ1n) is 10.7. The van der Waals surface area contributed by atoms with Crippen LogP contribution in [0.3, 0.4) is 0 Å². The van der Waals surface area contributed by atoms with Crippen LogP contribution < -0.4 is 4.90 Å². The van der Waals surface area contributed by atoms with Crippen molar-refractivity contribution in [2.24, 2.45) is 0 Å². The zero-order valence-electron chi connectivity index (χ0n) is 17.3. The summed E-state index contributed by atoms with van der Waals surface area (Å²) in [4.78, 5) is 9.92. The SMILES string of the molecule is CC1(C)CCCc2cc(-c3csc(N4CCN(CCCCO)CC4)n3)ccc21. The summed E-state index contributed by atoms with van der Waals surface area (Å²) >= 11 is 1.77. The van der Waals surface area contributed by atoms with Gasteiger partial charge in [0.25, 0.3) is 0 Å². The average Bonchev–Trinajstić information content (AvgIpc) is 3.18. The molecule has 2 aromatic rings. The van der Waals surface area contributed by atoms with E-state index in [-0.39, 0.29) is 0 Å². The van der Waals surface area contributed by atoms with Gasteiger partial charge in [-0.15, -0.1) is 11.3 Å². The van der Waals surface area contributed by atoms with Crippen molar-refractivity contribution < 1.29 is 5.11 Å². The molecule has 1 aromatic heterocycles. The molecule has 28 heavy (non-hydrogen) atoms. The summed E-state index contributed by atoms with van der Waals surface area (Å²) in [5, 5.41) is 12.3. The number of aliphatic hydroxyl groups excluding tert-OH is 1. The zero-order valence-corrected chi connectivity index (χ0v) is 18.1. The van der Waals surface area contributed by atoms with E-state index in [1.54, 1.807) is 11.3 Å². The zero-order chi connectivity index (χ0) is 19.6. The number of rotatable bonds is 6. The standard InChI is InChI=1S/C23H33N3OS/c1-23(2)9-5-6-18-16-19(7-8-20(18)23)21-17-28-22(24-21)26-13-11-25(12-14-26)10-3-4-15-27/h7-8,16-17,27H,3-6,9-15H2,1-2H3. The molecule has 1 aliphatic heterocycles. The molecule has 152 valence electrons. The van der Waals surface area contributed by atoms with Gasteiger partial charge in [-0.05, 0) is 61.3 Å². The minimum absolute atomic E-state index is 0.302. The van der Waals surface area contributed by atoms with E-state index in [0.29, 0.717) is 12.0 Å². The molecule has 0 amide bonds. The van der Waals surface area contributed by atoms with Gasteiger partial charge in [0.1, 0.15) is 0 Å². The molecule has 0 saturated carbocycles. The lowest BCUT2D eigenvalue weighted by molar-refractivity contribution is 0.232. The minimum Gasteiger partial charge on any atom is -0.396 e. The summed E-state index contributed by atoms with van der Waals surface area (Å²) in [6.07, 6.45) is 5.77. The Labute approximate surface area is 173 Å². The first kappa shape index (κ1) is 19.9. The van der Waals surface area contributed by atoms with Crippen molar-refractivity contribution in [1.29, 1.82) is 0 Å². The third-order valence-electron chi connectivity index (χ3n) is 6.40. The molecule has 0 spiro atoms. The molecule has 2 aliphatic rings. The number of aliphatic hydroxyl groups is 1. The molecule has 1 fully saturated rings. The molecule has 0 atom stereocenters. The highest BCUT2D eigenvalue weighted by Crippen LogP contribution is 2.39. The van der Waals surface area contributed by atoms with Crippen LogP contribution in [0, 0.1) is 0 Å². The lowest BCUT2D eigenvalue weighted by atomic mass is 9.72. The van der Waals surface area contributed by atoms with Crippen molar-refractivity contribution in [2.75, 3.05) is 44.2 Å². The summed E-state index contributed by atoms with van der Waals surface area (Å²) in [6.45, 7) is 10.4. The second-order valence-corrected chi connectivity index (χ2v) is 9.72. The van der Waals surface area contributed by atoms with Gasteiger partial charge in [-0.3, -0.25) is 4.90 Å². The normalized spacial score (nSPS) is 19.6. The highest BCUT2D eigenvalue weighted by atomic mass is 32.1. The summed E-state index contributed by atoms with van der Waals surface area (Å²) in [7, 11) is 0. The predicted octanol–water partition coefficient (Wildman–Crippen LogP) is 4.32. The molecular formula is C23H33N3OS. The van der Waals surface area contributed by atoms with Crippen molar-refractivity contribution in [3.63, 3.8) is 0 Å². The Morgan fingerprint density at radius 3 is 2.75 bits per heavy atom. The molecule has 4 nitrogen and oxygen atoms in total. The Morgan fingerprint density at radius 1 is 1.14 bits per heavy atom. The van der Waals surface area contributed by atoms with Crippen LogP contribution in [0.15, 0.2) is 23.6 Å². The number of nitrogens with zero attached hydrogens (tertiary/aromatic N) is 3. The second kappa shape index (κ2) is 8.52. The molecule has 0 bridgehead atoms. The summed E-state index contributed by atoms with van der Waals surface area (Å²) < 4.78 is 0. The first-order chi connectivity index (χ1) is 13.6. The molecule has 1 aromatic carbocycles. The molecule has 2 heterocycles. The van der Waals surface area contributed by atoms with Crippen molar-refractivity contribution >= 4 is 16.5 Å². The topological polar surface area (TPSA) is 39.6 Å². The molecule has 1 saturated heterocycles. The lowest BCUT2D eigenvalue weighted by Gasteiger charge is -2.34. The Morgan fingerprint density at radius 2 is 1.96 bits per heavy atom. The average molecular weight is 400 g/mol. The fourth-order valence-electron chi connectivity index (χ4n) is 4.63. The van der Waals surface area contributed by atoms with Gasteiger partial charge in [-0.1, -0.05) is 26.0 Å². The Bertz CT molecular complexity index is 793. The number of fused-ring (bicyclic) bond motifs is 1. The van der Waals surface area contributed by atoms with Gasteiger partial charge in [0.15, 0.2) is 5.13 Å². The largest absolute Gasteiger partial charge is 0.396 e. The van der Waals surface area contributed by atoms with Crippen LogP contribution in [-0.2, 0) is 11.8 Å². The number of piperazine rings is 1. The molecular weight excluding hydrogens is 366 g/mol. The van der Waals surface area contributed by atoms with E-state index in [0.717, 1.165) is 56.4 Å². The molecule has 0 radical (unpaired) electrons. The number of hydrogen-bond acceptors (Lipinski definition) is 5. The quantitative estimate of drug-likeness (QED) is 0.735. The monoisotopic (exact) mass is 399 g/mol. The molecule has 1 N–H and O–H groups in total. The van der Waals surface area contributed by atoms with Crippen LogP contribution in [0.1, 0.15) is 50.7 Å². The van der Waals surface area contributed by atoms with Gasteiger partial charge >= 0.3 is 0 Å². The van der Waals surface area contributed by atoms with Crippen LogP contribution in [-0.4, -0.2) is 54.3 Å². The maximum Gasteiger partial charge on any atom is 0.185 e. The van der Waals surface area contributed by atoms with E-state index in [9.17, 15) is 0 Å². The van der Waals surface area contributed by atoms with Gasteiger partial charge in [0.05, 0.1) is 5.69 Å². The third-order valence-corrected chi connectivity index (χ3v) is 7.30. The van der Waals surface area contributed by atoms with Crippen molar-refractivity contribution in [2.45, 2.75) is 51.4 Å². The van der Waals surface area contributed by atoms with Gasteiger partial charge in [0, 0.05) is 43.7 Å².